The highest BCUT2D eigenvalue weighted by Crippen LogP contribution is 2.31. The van der Waals surface area contributed by atoms with Gasteiger partial charge in [0, 0.05) is 30.6 Å². The summed E-state index contributed by atoms with van der Waals surface area (Å²) < 4.78 is 12.6. The first-order valence-electron chi connectivity index (χ1n) is 10.5. The van der Waals surface area contributed by atoms with Gasteiger partial charge in [-0.1, -0.05) is 12.1 Å². The van der Waals surface area contributed by atoms with E-state index in [0.717, 1.165) is 35.4 Å². The molecule has 4 rings (SSSR count). The molecule has 1 aromatic carbocycles. The smallest absolute Gasteiger partial charge is 0.410 e. The lowest BCUT2D eigenvalue weighted by atomic mass is 9.93. The van der Waals surface area contributed by atoms with E-state index in [1.165, 1.54) is 0 Å². The summed E-state index contributed by atoms with van der Waals surface area (Å²) in [5.74, 6) is 0.867. The highest BCUT2D eigenvalue weighted by molar-refractivity contribution is 5.77. The maximum atomic E-state index is 12.5. The molecular formula is C23H28N4O4. The van der Waals surface area contributed by atoms with E-state index in [4.69, 9.17) is 9.47 Å². The van der Waals surface area contributed by atoms with Gasteiger partial charge in [-0.15, -0.1) is 0 Å². The second-order valence-corrected chi connectivity index (χ2v) is 8.85. The van der Waals surface area contributed by atoms with Gasteiger partial charge in [0.05, 0.1) is 19.0 Å². The Morgan fingerprint density at radius 1 is 1.19 bits per heavy atom. The van der Waals surface area contributed by atoms with Crippen molar-refractivity contribution in [2.45, 2.75) is 45.1 Å². The topological polar surface area (TPSA) is 88.9 Å². The van der Waals surface area contributed by atoms with Gasteiger partial charge in [-0.3, -0.25) is 4.79 Å². The molecule has 31 heavy (non-hydrogen) atoms. The summed E-state index contributed by atoms with van der Waals surface area (Å²) >= 11 is 0. The zero-order chi connectivity index (χ0) is 22.2. The fourth-order valence-corrected chi connectivity index (χ4v) is 3.99. The monoisotopic (exact) mass is 424 g/mol. The third kappa shape index (κ3) is 4.42. The van der Waals surface area contributed by atoms with Crippen LogP contribution < -0.4 is 10.3 Å². The molecule has 164 valence electrons. The summed E-state index contributed by atoms with van der Waals surface area (Å²) in [5.41, 5.74) is 2.59. The van der Waals surface area contributed by atoms with Crippen molar-refractivity contribution < 1.29 is 14.3 Å². The summed E-state index contributed by atoms with van der Waals surface area (Å²) in [6, 6.07) is 9.28. The number of amides is 1. The number of H-pyrrole nitrogens is 1. The molecule has 0 spiro atoms. The van der Waals surface area contributed by atoms with E-state index in [-0.39, 0.29) is 17.6 Å². The van der Waals surface area contributed by atoms with E-state index in [1.807, 2.05) is 49.6 Å². The lowest BCUT2D eigenvalue weighted by Crippen LogP contribution is -2.41. The number of nitrogens with one attached hydrogen (secondary N) is 1. The molecule has 1 fully saturated rings. The minimum atomic E-state index is -0.515. The number of fused-ring (bicyclic) bond motifs is 1. The summed E-state index contributed by atoms with van der Waals surface area (Å²) in [5, 5.41) is 4.57. The highest BCUT2D eigenvalue weighted by atomic mass is 16.6. The van der Waals surface area contributed by atoms with E-state index in [0.29, 0.717) is 18.7 Å². The zero-order valence-electron chi connectivity index (χ0n) is 18.3. The number of aromatic nitrogens is 3. The average Bonchev–Trinajstić information content (AvgIpc) is 3.16. The van der Waals surface area contributed by atoms with Gasteiger partial charge in [-0.2, -0.15) is 5.10 Å². The van der Waals surface area contributed by atoms with Gasteiger partial charge in [0.15, 0.2) is 0 Å². The van der Waals surface area contributed by atoms with E-state index in [1.54, 1.807) is 24.3 Å². The summed E-state index contributed by atoms with van der Waals surface area (Å²) in [6.07, 6.45) is 2.96. The predicted molar refractivity (Wildman–Crippen MR) is 118 cm³/mol. The number of hydrogen-bond acceptors (Lipinski definition) is 5. The van der Waals surface area contributed by atoms with Crippen molar-refractivity contribution in [2.75, 3.05) is 20.2 Å². The van der Waals surface area contributed by atoms with Gasteiger partial charge in [-0.25, -0.2) is 9.31 Å². The average molecular weight is 425 g/mol. The molecule has 0 atom stereocenters. The van der Waals surface area contributed by atoms with Crippen LogP contribution in [0.5, 0.6) is 5.75 Å². The van der Waals surface area contributed by atoms with Gasteiger partial charge in [0.2, 0.25) is 0 Å². The van der Waals surface area contributed by atoms with Gasteiger partial charge in [0.1, 0.15) is 17.0 Å². The predicted octanol–water partition coefficient (Wildman–Crippen LogP) is 3.81. The van der Waals surface area contributed by atoms with E-state index in [9.17, 15) is 9.59 Å². The largest absolute Gasteiger partial charge is 0.497 e. The summed E-state index contributed by atoms with van der Waals surface area (Å²) in [4.78, 5) is 29.5. The molecule has 0 radical (unpaired) electrons. The number of likely N-dealkylation sites (tertiary alicyclic amines) is 1. The first-order valence-corrected chi connectivity index (χ1v) is 10.5. The van der Waals surface area contributed by atoms with Gasteiger partial charge in [0.25, 0.3) is 5.56 Å². The minimum absolute atomic E-state index is 0.126. The van der Waals surface area contributed by atoms with Crippen LogP contribution >= 0.6 is 0 Å². The molecule has 0 aliphatic carbocycles. The Labute approximate surface area is 180 Å². The van der Waals surface area contributed by atoms with Crippen molar-refractivity contribution >= 4 is 11.7 Å². The Morgan fingerprint density at radius 2 is 1.94 bits per heavy atom. The second kappa shape index (κ2) is 8.09. The fraction of sp³-hybridized carbons (Fsp3) is 0.435. The molecule has 1 aliphatic rings. The first kappa shape index (κ1) is 21.0. The number of piperidine rings is 1. The fourth-order valence-electron chi connectivity index (χ4n) is 3.99. The van der Waals surface area contributed by atoms with Gasteiger partial charge in [-0.05, 0) is 51.3 Å². The number of ether oxygens (including phenoxy) is 2. The van der Waals surface area contributed by atoms with Crippen LogP contribution in [0.4, 0.5) is 4.79 Å². The van der Waals surface area contributed by atoms with Gasteiger partial charge >= 0.3 is 6.09 Å². The number of nitrogens with zero attached hydrogens (tertiary/aromatic N) is 3. The van der Waals surface area contributed by atoms with Crippen LogP contribution in [0.1, 0.15) is 45.2 Å². The Morgan fingerprint density at radius 3 is 2.61 bits per heavy atom. The third-order valence-electron chi connectivity index (χ3n) is 5.48. The van der Waals surface area contributed by atoms with Crippen molar-refractivity contribution in [1.29, 1.82) is 0 Å². The molecule has 0 saturated carbocycles. The molecule has 8 heteroatoms. The molecule has 2 aromatic heterocycles. The Bertz CT molecular complexity index is 1150. The van der Waals surface area contributed by atoms with Gasteiger partial charge < -0.3 is 19.4 Å². The molecule has 3 aromatic rings. The van der Waals surface area contributed by atoms with Crippen LogP contribution in [0.25, 0.3) is 16.8 Å². The normalized spacial score (nSPS) is 15.3. The molecule has 1 aliphatic heterocycles. The molecular weight excluding hydrogens is 396 g/mol. The molecule has 0 bridgehead atoms. The van der Waals surface area contributed by atoms with Crippen molar-refractivity contribution in [3.8, 4) is 16.9 Å². The molecule has 1 N–H and O–H groups in total. The first-order chi connectivity index (χ1) is 14.7. The molecule has 1 amide bonds. The lowest BCUT2D eigenvalue weighted by Gasteiger charge is -2.33. The molecule has 0 unspecified atom stereocenters. The number of methoxy groups -OCH3 is 1. The number of carbonyl (C=O) groups is 1. The quantitative estimate of drug-likeness (QED) is 0.691. The number of hydrogen-bond donors (Lipinski definition) is 1. The summed E-state index contributed by atoms with van der Waals surface area (Å²) in [7, 11) is 1.62. The maximum Gasteiger partial charge on any atom is 0.410 e. The van der Waals surface area contributed by atoms with Crippen LogP contribution in [0.3, 0.4) is 0 Å². The number of benzene rings is 1. The number of aromatic amines is 1. The van der Waals surface area contributed by atoms with Crippen LogP contribution in [0.15, 0.2) is 41.3 Å². The van der Waals surface area contributed by atoms with E-state index >= 15 is 0 Å². The van der Waals surface area contributed by atoms with E-state index in [2.05, 4.69) is 10.1 Å². The highest BCUT2D eigenvalue weighted by Gasteiger charge is 2.29. The Balaban J connectivity index is 1.60. The second-order valence-electron chi connectivity index (χ2n) is 8.85. The summed E-state index contributed by atoms with van der Waals surface area (Å²) in [6.45, 7) is 6.75. The van der Waals surface area contributed by atoms with Crippen molar-refractivity contribution in [3.63, 3.8) is 0 Å². The van der Waals surface area contributed by atoms with Crippen molar-refractivity contribution in [2.24, 2.45) is 0 Å². The number of rotatable bonds is 3. The zero-order valence-corrected chi connectivity index (χ0v) is 18.3. The van der Waals surface area contributed by atoms with Crippen LogP contribution in [-0.2, 0) is 4.74 Å². The molecule has 1 saturated heterocycles. The van der Waals surface area contributed by atoms with E-state index < -0.39 is 5.60 Å². The van der Waals surface area contributed by atoms with Crippen LogP contribution in [0.2, 0.25) is 0 Å². The Hall–Kier alpha value is -3.29. The standard InChI is InChI=1S/C23H28N4O4/c1-23(2,3)31-22(29)26-10-8-15(9-11-26)19-13-20(28)25-21-18(14-24-27(19)21)16-6-5-7-17(12-16)30-4/h5-7,12-15H,8-11H2,1-4H3,(H,25,28). The van der Waals surface area contributed by atoms with Crippen LogP contribution in [0, 0.1) is 0 Å². The third-order valence-corrected chi connectivity index (χ3v) is 5.48. The maximum absolute atomic E-state index is 12.5. The Kier molecular flexibility index (Phi) is 5.47. The van der Waals surface area contributed by atoms with Crippen molar-refractivity contribution in [3.05, 3.63) is 52.6 Å². The van der Waals surface area contributed by atoms with Crippen molar-refractivity contribution in [1.82, 2.24) is 19.5 Å². The molecule has 3 heterocycles. The van der Waals surface area contributed by atoms with Crippen LogP contribution in [-0.4, -0.2) is 51.4 Å². The number of carbonyl (C=O) groups excluding carboxylic acids is 1. The lowest BCUT2D eigenvalue weighted by molar-refractivity contribution is 0.0203. The minimum Gasteiger partial charge on any atom is -0.497 e. The molecule has 8 nitrogen and oxygen atoms in total. The SMILES string of the molecule is COc1cccc(-c2cnn3c(C4CCN(C(=O)OC(C)(C)C)CC4)cc(=O)[nH]c23)c1.